The molecule has 0 unspecified atom stereocenters. The Balaban J connectivity index is 2.06. The van der Waals surface area contributed by atoms with Gasteiger partial charge in [0, 0.05) is 18.4 Å². The van der Waals surface area contributed by atoms with E-state index in [1.807, 2.05) is 51.2 Å². The van der Waals surface area contributed by atoms with Crippen molar-refractivity contribution in [1.82, 2.24) is 9.78 Å². The van der Waals surface area contributed by atoms with Crippen LogP contribution in [0.5, 0.6) is 0 Å². The smallest absolute Gasteiger partial charge is 0.230 e. The quantitative estimate of drug-likeness (QED) is 0.898. The molecule has 1 heterocycles. The minimum Gasteiger partial charge on any atom is -0.326 e. The number of aryl methyl sites for hydroxylation is 3. The monoisotopic (exact) mass is 243 g/mol. The molecule has 0 aliphatic rings. The maximum atomic E-state index is 11.9. The number of nitrogens with zero attached hydrogens (tertiary/aromatic N) is 2. The van der Waals surface area contributed by atoms with E-state index in [-0.39, 0.29) is 5.91 Å². The molecule has 0 aliphatic heterocycles. The third-order valence-electron chi connectivity index (χ3n) is 2.86. The molecule has 18 heavy (non-hydrogen) atoms. The van der Waals surface area contributed by atoms with Crippen LogP contribution in [0.15, 0.2) is 30.3 Å². The first kappa shape index (κ1) is 12.4. The van der Waals surface area contributed by atoms with Gasteiger partial charge in [0.05, 0.1) is 12.1 Å². The number of carbonyl (C=O) groups is 1. The molecule has 0 atom stereocenters. The molecule has 4 heteroatoms. The number of aromatic nitrogens is 2. The molecule has 0 fully saturated rings. The fourth-order valence-corrected chi connectivity index (χ4v) is 1.90. The lowest BCUT2D eigenvalue weighted by Crippen LogP contribution is -2.16. The molecular formula is C14H17N3O. The number of amides is 1. The van der Waals surface area contributed by atoms with E-state index < -0.39 is 0 Å². The van der Waals surface area contributed by atoms with Crippen LogP contribution < -0.4 is 5.32 Å². The topological polar surface area (TPSA) is 46.9 Å². The number of hydrogen-bond acceptors (Lipinski definition) is 2. The Morgan fingerprint density at radius 2 is 2.06 bits per heavy atom. The summed E-state index contributed by atoms with van der Waals surface area (Å²) in [6, 6.07) is 9.68. The van der Waals surface area contributed by atoms with Crippen molar-refractivity contribution in [3.05, 3.63) is 47.3 Å². The second-order valence-corrected chi connectivity index (χ2v) is 4.44. The third-order valence-corrected chi connectivity index (χ3v) is 2.86. The van der Waals surface area contributed by atoms with Crippen molar-refractivity contribution >= 4 is 11.6 Å². The van der Waals surface area contributed by atoms with E-state index in [0.717, 1.165) is 22.6 Å². The summed E-state index contributed by atoms with van der Waals surface area (Å²) in [5, 5.41) is 7.14. The van der Waals surface area contributed by atoms with Crippen molar-refractivity contribution in [2.24, 2.45) is 7.05 Å². The van der Waals surface area contributed by atoms with E-state index in [1.54, 1.807) is 4.68 Å². The van der Waals surface area contributed by atoms with Gasteiger partial charge in [-0.3, -0.25) is 9.48 Å². The summed E-state index contributed by atoms with van der Waals surface area (Å²) in [7, 11) is 1.85. The van der Waals surface area contributed by atoms with Crippen LogP contribution in [0.4, 0.5) is 5.69 Å². The number of rotatable bonds is 3. The number of para-hydroxylation sites is 1. The van der Waals surface area contributed by atoms with Gasteiger partial charge in [-0.05, 0) is 31.5 Å². The van der Waals surface area contributed by atoms with Crippen molar-refractivity contribution in [1.29, 1.82) is 0 Å². The van der Waals surface area contributed by atoms with Crippen LogP contribution in [0.2, 0.25) is 0 Å². The first-order valence-corrected chi connectivity index (χ1v) is 5.91. The second kappa shape index (κ2) is 5.04. The summed E-state index contributed by atoms with van der Waals surface area (Å²) in [6.45, 7) is 3.90. The Morgan fingerprint density at radius 1 is 1.33 bits per heavy atom. The Hall–Kier alpha value is -2.10. The van der Waals surface area contributed by atoms with Crippen molar-refractivity contribution in [2.45, 2.75) is 20.3 Å². The Labute approximate surface area is 107 Å². The zero-order chi connectivity index (χ0) is 13.1. The van der Waals surface area contributed by atoms with Crippen molar-refractivity contribution < 1.29 is 4.79 Å². The fourth-order valence-electron chi connectivity index (χ4n) is 1.90. The molecule has 94 valence electrons. The molecule has 2 aromatic rings. The molecule has 0 aliphatic carbocycles. The van der Waals surface area contributed by atoms with Crippen LogP contribution in [-0.4, -0.2) is 15.7 Å². The van der Waals surface area contributed by atoms with Gasteiger partial charge in [-0.15, -0.1) is 0 Å². The lowest BCUT2D eigenvalue weighted by atomic mass is 10.2. The molecule has 2 rings (SSSR count). The van der Waals surface area contributed by atoms with E-state index >= 15 is 0 Å². The van der Waals surface area contributed by atoms with Gasteiger partial charge >= 0.3 is 0 Å². The predicted octanol–water partition coefficient (Wildman–Crippen LogP) is 2.22. The SMILES string of the molecule is Cc1cc(CC(=O)Nc2ccccc2C)n(C)n1. The molecule has 1 aromatic heterocycles. The minimum atomic E-state index is -0.0210. The van der Waals surface area contributed by atoms with Crippen LogP contribution in [0, 0.1) is 13.8 Å². The molecule has 4 nitrogen and oxygen atoms in total. The summed E-state index contributed by atoms with van der Waals surface area (Å²) in [4.78, 5) is 11.9. The van der Waals surface area contributed by atoms with E-state index in [9.17, 15) is 4.79 Å². The first-order valence-electron chi connectivity index (χ1n) is 5.91. The maximum absolute atomic E-state index is 11.9. The second-order valence-electron chi connectivity index (χ2n) is 4.44. The van der Waals surface area contributed by atoms with Gasteiger partial charge in [0.2, 0.25) is 5.91 Å². The van der Waals surface area contributed by atoms with Crippen molar-refractivity contribution in [3.8, 4) is 0 Å². The molecule has 0 saturated heterocycles. The summed E-state index contributed by atoms with van der Waals surface area (Å²) < 4.78 is 1.74. The molecule has 1 N–H and O–H groups in total. The number of anilines is 1. The summed E-state index contributed by atoms with van der Waals surface area (Å²) in [6.07, 6.45) is 0.339. The van der Waals surface area contributed by atoms with Crippen LogP contribution in [-0.2, 0) is 18.3 Å². The predicted molar refractivity (Wildman–Crippen MR) is 71.5 cm³/mol. The van der Waals surface area contributed by atoms with Gasteiger partial charge in [0.1, 0.15) is 0 Å². The van der Waals surface area contributed by atoms with Gasteiger partial charge in [0.25, 0.3) is 0 Å². The van der Waals surface area contributed by atoms with E-state index in [0.29, 0.717) is 6.42 Å². The minimum absolute atomic E-state index is 0.0210. The van der Waals surface area contributed by atoms with E-state index in [2.05, 4.69) is 10.4 Å². The molecule has 1 aromatic carbocycles. The Kier molecular flexibility index (Phi) is 3.46. The van der Waals surface area contributed by atoms with Gasteiger partial charge in [-0.25, -0.2) is 0 Å². The van der Waals surface area contributed by atoms with Crippen molar-refractivity contribution in [2.75, 3.05) is 5.32 Å². The summed E-state index contributed by atoms with van der Waals surface area (Å²) >= 11 is 0. The normalized spacial score (nSPS) is 10.4. The van der Waals surface area contributed by atoms with Gasteiger partial charge in [-0.1, -0.05) is 18.2 Å². The van der Waals surface area contributed by atoms with Crippen molar-refractivity contribution in [3.63, 3.8) is 0 Å². The molecule has 1 amide bonds. The first-order chi connectivity index (χ1) is 8.56. The third kappa shape index (κ3) is 2.77. The summed E-state index contributed by atoms with van der Waals surface area (Å²) in [5.41, 5.74) is 3.77. The molecule has 0 radical (unpaired) electrons. The average molecular weight is 243 g/mol. The maximum Gasteiger partial charge on any atom is 0.230 e. The van der Waals surface area contributed by atoms with Crippen LogP contribution in [0.25, 0.3) is 0 Å². The van der Waals surface area contributed by atoms with Gasteiger partial charge in [0.15, 0.2) is 0 Å². The van der Waals surface area contributed by atoms with E-state index in [1.165, 1.54) is 0 Å². The standard InChI is InChI=1S/C14H17N3O/c1-10-6-4-5-7-13(10)15-14(18)9-12-8-11(2)16-17(12)3/h4-8H,9H2,1-3H3,(H,15,18). The highest BCUT2D eigenvalue weighted by atomic mass is 16.1. The number of carbonyl (C=O) groups excluding carboxylic acids is 1. The Morgan fingerprint density at radius 3 is 2.67 bits per heavy atom. The highest BCUT2D eigenvalue weighted by Crippen LogP contribution is 2.13. The highest BCUT2D eigenvalue weighted by molar-refractivity contribution is 5.92. The van der Waals surface area contributed by atoms with Crippen LogP contribution >= 0.6 is 0 Å². The highest BCUT2D eigenvalue weighted by Gasteiger charge is 2.09. The zero-order valence-corrected chi connectivity index (χ0v) is 10.9. The average Bonchev–Trinajstić information content (AvgIpc) is 2.61. The van der Waals surface area contributed by atoms with Crippen LogP contribution in [0.3, 0.4) is 0 Å². The number of nitrogens with one attached hydrogen (secondary N) is 1. The molecule has 0 spiro atoms. The molecule has 0 bridgehead atoms. The van der Waals surface area contributed by atoms with Gasteiger partial charge < -0.3 is 5.32 Å². The van der Waals surface area contributed by atoms with E-state index in [4.69, 9.17) is 0 Å². The zero-order valence-electron chi connectivity index (χ0n) is 10.9. The fraction of sp³-hybridized carbons (Fsp3) is 0.286. The number of hydrogen-bond donors (Lipinski definition) is 1. The molecule has 0 saturated carbocycles. The number of benzene rings is 1. The largest absolute Gasteiger partial charge is 0.326 e. The van der Waals surface area contributed by atoms with Gasteiger partial charge in [-0.2, -0.15) is 5.10 Å². The van der Waals surface area contributed by atoms with Crippen LogP contribution in [0.1, 0.15) is 17.0 Å². The molecular weight excluding hydrogens is 226 g/mol. The summed E-state index contributed by atoms with van der Waals surface area (Å²) in [5.74, 6) is -0.0210. The Bertz CT molecular complexity index is 572. The lowest BCUT2D eigenvalue weighted by molar-refractivity contribution is -0.115. The lowest BCUT2D eigenvalue weighted by Gasteiger charge is -2.07.